The molecule has 4 N–H and O–H groups in total. The molecule has 6 heteroatoms. The molecule has 110 valence electrons. The molecule has 21 heavy (non-hydrogen) atoms. The molecule has 2 aromatic rings. The largest absolute Gasteiger partial charge is 0.587 e. The molecule has 2 aromatic carbocycles. The molecule has 0 saturated carbocycles. The van der Waals surface area contributed by atoms with Gasteiger partial charge in [-0.3, -0.25) is 0 Å². The van der Waals surface area contributed by atoms with Gasteiger partial charge in [-0.25, -0.2) is 4.79 Å². The maximum atomic E-state index is 12.6. The van der Waals surface area contributed by atoms with Crippen LogP contribution in [-0.2, 0) is 17.9 Å². The van der Waals surface area contributed by atoms with Gasteiger partial charge in [-0.15, -0.1) is 4.31 Å². The number of anilines is 1. The van der Waals surface area contributed by atoms with Gasteiger partial charge < -0.3 is 16.0 Å². The Bertz CT molecular complexity index is 614. The topological polar surface area (TPSA) is 95.4 Å². The Balaban J connectivity index is 2.33. The van der Waals surface area contributed by atoms with Gasteiger partial charge >= 0.3 is 6.03 Å². The molecular weight excluding hydrogens is 286 g/mol. The maximum absolute atomic E-state index is 12.6. The Labute approximate surface area is 126 Å². The minimum atomic E-state index is -1.69. The first-order valence-electron chi connectivity index (χ1n) is 6.40. The van der Waals surface area contributed by atoms with Crippen LogP contribution in [0.15, 0.2) is 53.4 Å². The van der Waals surface area contributed by atoms with Crippen molar-refractivity contribution in [1.29, 1.82) is 0 Å². The van der Waals surface area contributed by atoms with Crippen molar-refractivity contribution in [1.82, 2.24) is 0 Å². The number of nitrogens with zero attached hydrogens (tertiary/aromatic N) is 1. The summed E-state index contributed by atoms with van der Waals surface area (Å²) < 4.78 is 13.6. The second-order valence-electron chi connectivity index (χ2n) is 4.57. The first-order valence-corrected chi connectivity index (χ1v) is 7.50. The van der Waals surface area contributed by atoms with Crippen LogP contribution in [-0.4, -0.2) is 10.6 Å². The van der Waals surface area contributed by atoms with Crippen LogP contribution >= 0.6 is 0 Å². The molecular formula is C15H17N3O2S. The van der Waals surface area contributed by atoms with Crippen molar-refractivity contribution >= 4 is 23.1 Å². The molecule has 0 heterocycles. The third kappa shape index (κ3) is 3.55. The van der Waals surface area contributed by atoms with Gasteiger partial charge in [0, 0.05) is 6.54 Å². The molecule has 0 bridgehead atoms. The zero-order valence-electron chi connectivity index (χ0n) is 11.7. The van der Waals surface area contributed by atoms with Gasteiger partial charge in [-0.2, -0.15) is 0 Å². The monoisotopic (exact) mass is 303 g/mol. The van der Waals surface area contributed by atoms with Crippen molar-refractivity contribution in [3.05, 3.63) is 59.7 Å². The second-order valence-corrected chi connectivity index (χ2v) is 5.90. The second kappa shape index (κ2) is 6.62. The average molecular weight is 303 g/mol. The Morgan fingerprint density at radius 2 is 1.71 bits per heavy atom. The van der Waals surface area contributed by atoms with E-state index in [1.807, 2.05) is 19.1 Å². The summed E-state index contributed by atoms with van der Waals surface area (Å²) in [5.41, 5.74) is 13.4. The number of carbonyl (C=O) groups excluding carboxylic acids is 1. The predicted molar refractivity (Wildman–Crippen MR) is 84.0 cm³/mol. The molecule has 0 aliphatic carbocycles. The van der Waals surface area contributed by atoms with Crippen LogP contribution in [0.3, 0.4) is 0 Å². The molecule has 5 nitrogen and oxygen atoms in total. The number of amides is 2. The summed E-state index contributed by atoms with van der Waals surface area (Å²) in [6.07, 6.45) is 0. The number of nitrogens with two attached hydrogens (primary N) is 2. The molecule has 0 aliphatic heterocycles. The molecule has 1 atom stereocenters. The van der Waals surface area contributed by atoms with Crippen LogP contribution in [0.25, 0.3) is 0 Å². The van der Waals surface area contributed by atoms with Crippen molar-refractivity contribution in [3.8, 4) is 0 Å². The summed E-state index contributed by atoms with van der Waals surface area (Å²) in [5, 5.41) is 0. The summed E-state index contributed by atoms with van der Waals surface area (Å²) in [5.74, 6) is 0. The Morgan fingerprint density at radius 1 is 1.14 bits per heavy atom. The van der Waals surface area contributed by atoms with Crippen molar-refractivity contribution in [3.63, 3.8) is 0 Å². The van der Waals surface area contributed by atoms with E-state index in [2.05, 4.69) is 0 Å². The van der Waals surface area contributed by atoms with Gasteiger partial charge in [-0.05, 0) is 36.8 Å². The lowest BCUT2D eigenvalue weighted by Crippen LogP contribution is -2.40. The van der Waals surface area contributed by atoms with Crippen molar-refractivity contribution in [2.75, 3.05) is 4.31 Å². The van der Waals surface area contributed by atoms with E-state index in [0.717, 1.165) is 15.4 Å². The fourth-order valence-corrected chi connectivity index (χ4v) is 2.89. The van der Waals surface area contributed by atoms with Gasteiger partial charge in [0.15, 0.2) is 4.90 Å². The number of rotatable bonds is 4. The van der Waals surface area contributed by atoms with Crippen LogP contribution in [0.1, 0.15) is 11.1 Å². The van der Waals surface area contributed by atoms with E-state index in [4.69, 9.17) is 11.5 Å². The van der Waals surface area contributed by atoms with Gasteiger partial charge in [-0.1, -0.05) is 29.8 Å². The average Bonchev–Trinajstić information content (AvgIpc) is 2.48. The van der Waals surface area contributed by atoms with E-state index in [1.165, 1.54) is 0 Å². The van der Waals surface area contributed by atoms with Crippen molar-refractivity contribution in [2.24, 2.45) is 11.5 Å². The number of aryl methyl sites for hydroxylation is 1. The molecule has 2 amide bonds. The van der Waals surface area contributed by atoms with Crippen molar-refractivity contribution in [2.45, 2.75) is 18.4 Å². The first kappa shape index (κ1) is 15.4. The van der Waals surface area contributed by atoms with E-state index in [1.54, 1.807) is 36.4 Å². The van der Waals surface area contributed by atoms with Gasteiger partial charge in [0.2, 0.25) is 0 Å². The summed E-state index contributed by atoms with van der Waals surface area (Å²) in [7, 11) is 0. The molecule has 1 unspecified atom stereocenters. The summed E-state index contributed by atoms with van der Waals surface area (Å²) in [6, 6.07) is 13.3. The van der Waals surface area contributed by atoms with Crippen LogP contribution in [0.5, 0.6) is 0 Å². The van der Waals surface area contributed by atoms with E-state index < -0.39 is 17.4 Å². The quantitative estimate of drug-likeness (QED) is 0.846. The van der Waals surface area contributed by atoms with E-state index >= 15 is 0 Å². The maximum Gasteiger partial charge on any atom is 0.361 e. The highest BCUT2D eigenvalue weighted by atomic mass is 32.2. The normalized spacial score (nSPS) is 12.0. The molecule has 0 aliphatic rings. The van der Waals surface area contributed by atoms with Gasteiger partial charge in [0.05, 0.1) is 5.69 Å². The lowest BCUT2D eigenvalue weighted by atomic mass is 10.2. The van der Waals surface area contributed by atoms with E-state index in [-0.39, 0.29) is 0 Å². The summed E-state index contributed by atoms with van der Waals surface area (Å²) in [6.45, 7) is 2.34. The van der Waals surface area contributed by atoms with Crippen LogP contribution < -0.4 is 15.8 Å². The molecule has 0 saturated heterocycles. The number of primary amides is 1. The highest BCUT2D eigenvalue weighted by Crippen LogP contribution is 2.24. The highest BCUT2D eigenvalue weighted by molar-refractivity contribution is 7.93. The zero-order chi connectivity index (χ0) is 15.4. The van der Waals surface area contributed by atoms with E-state index in [9.17, 15) is 9.35 Å². The number of hydrogen-bond acceptors (Lipinski definition) is 3. The number of hydrogen-bond donors (Lipinski definition) is 2. The summed E-state index contributed by atoms with van der Waals surface area (Å²) >= 11 is -1.69. The summed E-state index contributed by atoms with van der Waals surface area (Å²) in [4.78, 5) is 12.2. The van der Waals surface area contributed by atoms with Gasteiger partial charge in [0.25, 0.3) is 0 Å². The standard InChI is InChI=1S/C15H17N3O2S/c1-11-2-8-14(9-3-11)21(20)18(15(17)19)13-6-4-12(10-16)5-7-13/h2-9H,10,16H2,1H3,(H2,17,19). The lowest BCUT2D eigenvalue weighted by molar-refractivity contribution is 0.257. The SMILES string of the molecule is Cc1ccc([S+]([O-])N(C(N)=O)c2ccc(CN)cc2)cc1. The third-order valence-corrected chi connectivity index (χ3v) is 4.39. The van der Waals surface area contributed by atoms with Crippen molar-refractivity contribution < 1.29 is 9.35 Å². The molecule has 0 spiro atoms. The van der Waals surface area contributed by atoms with Crippen LogP contribution in [0.2, 0.25) is 0 Å². The highest BCUT2D eigenvalue weighted by Gasteiger charge is 2.28. The Kier molecular flexibility index (Phi) is 4.85. The Hall–Kier alpha value is -2.02. The molecule has 0 radical (unpaired) electrons. The molecule has 0 fully saturated rings. The molecule has 2 rings (SSSR count). The fourth-order valence-electron chi connectivity index (χ4n) is 1.83. The first-order chi connectivity index (χ1) is 10.0. The van der Waals surface area contributed by atoms with Gasteiger partial charge in [0.1, 0.15) is 11.4 Å². The Morgan fingerprint density at radius 3 is 2.19 bits per heavy atom. The third-order valence-electron chi connectivity index (χ3n) is 3.00. The number of benzene rings is 2. The fraction of sp³-hybridized carbons (Fsp3) is 0.133. The minimum absolute atomic E-state index is 0.401. The molecule has 0 aromatic heterocycles. The smallest absolute Gasteiger partial charge is 0.361 e. The lowest BCUT2D eigenvalue weighted by Gasteiger charge is -2.22. The zero-order valence-corrected chi connectivity index (χ0v) is 12.5. The van der Waals surface area contributed by atoms with Crippen LogP contribution in [0.4, 0.5) is 10.5 Å². The van der Waals surface area contributed by atoms with Crippen LogP contribution in [0, 0.1) is 6.92 Å². The number of urea groups is 1. The van der Waals surface area contributed by atoms with E-state index in [0.29, 0.717) is 17.1 Å². The predicted octanol–water partition coefficient (Wildman–Crippen LogP) is 2.06. The minimum Gasteiger partial charge on any atom is -0.587 e. The number of carbonyl (C=O) groups is 1.